The molecule has 0 radical (unpaired) electrons. The van der Waals surface area contributed by atoms with Crippen molar-refractivity contribution in [2.24, 2.45) is 4.99 Å². The van der Waals surface area contributed by atoms with Crippen molar-refractivity contribution in [2.45, 2.75) is 0 Å². The van der Waals surface area contributed by atoms with Crippen LogP contribution >= 0.6 is 34.8 Å². The number of rotatable bonds is 2. The van der Waals surface area contributed by atoms with Gasteiger partial charge in [0, 0.05) is 21.2 Å². The van der Waals surface area contributed by atoms with Gasteiger partial charge in [-0.15, -0.1) is 0 Å². The lowest BCUT2D eigenvalue weighted by molar-refractivity contribution is -0.129. The Morgan fingerprint density at radius 1 is 1.04 bits per heavy atom. The van der Waals surface area contributed by atoms with Crippen molar-refractivity contribution < 1.29 is 14.6 Å². The monoisotopic (exact) mass is 367 g/mol. The van der Waals surface area contributed by atoms with E-state index in [4.69, 9.17) is 39.5 Å². The fourth-order valence-electron chi connectivity index (χ4n) is 1.97. The maximum atomic E-state index is 11.9. The number of cyclic esters (lactones) is 1. The molecule has 2 aromatic carbocycles. The van der Waals surface area contributed by atoms with Crippen LogP contribution in [0.25, 0.3) is 6.08 Å². The van der Waals surface area contributed by atoms with Gasteiger partial charge in [-0.05, 0) is 42.5 Å². The van der Waals surface area contributed by atoms with Gasteiger partial charge in [0.1, 0.15) is 5.75 Å². The van der Waals surface area contributed by atoms with Gasteiger partial charge in [0.25, 0.3) is 0 Å². The second-order valence-electron chi connectivity index (χ2n) is 4.67. The van der Waals surface area contributed by atoms with E-state index in [0.717, 1.165) is 0 Å². The number of aliphatic imine (C=N–C) groups is 1. The Balaban J connectivity index is 2.00. The number of carbonyl (C=O) groups excluding carboxylic acids is 1. The standard InChI is InChI=1S/C16H8Cl3NO3/c17-10-3-1-8(2-4-10)15-20-13(16(22)23-15)6-9-5-11(18)7-12(19)14(9)21/h1-7,21H/b13-6+. The van der Waals surface area contributed by atoms with Gasteiger partial charge < -0.3 is 9.84 Å². The highest BCUT2D eigenvalue weighted by Gasteiger charge is 2.24. The van der Waals surface area contributed by atoms with Crippen LogP contribution in [0, 0.1) is 0 Å². The molecule has 0 spiro atoms. The third kappa shape index (κ3) is 3.34. The number of ether oxygens (including phenoxy) is 1. The third-order valence-corrected chi connectivity index (χ3v) is 3.82. The number of nitrogens with zero attached hydrogens (tertiary/aromatic N) is 1. The number of carbonyl (C=O) groups is 1. The van der Waals surface area contributed by atoms with Crippen LogP contribution in [0.2, 0.25) is 15.1 Å². The fraction of sp³-hybridized carbons (Fsp3) is 0. The first kappa shape index (κ1) is 15.9. The molecule has 23 heavy (non-hydrogen) atoms. The minimum atomic E-state index is -0.634. The fourth-order valence-corrected chi connectivity index (χ4v) is 2.60. The van der Waals surface area contributed by atoms with E-state index < -0.39 is 5.97 Å². The molecule has 0 atom stereocenters. The lowest BCUT2D eigenvalue weighted by Gasteiger charge is -2.02. The molecule has 0 aliphatic carbocycles. The molecule has 1 heterocycles. The summed E-state index contributed by atoms with van der Waals surface area (Å²) in [6.07, 6.45) is 1.36. The lowest BCUT2D eigenvalue weighted by Crippen LogP contribution is -2.05. The summed E-state index contributed by atoms with van der Waals surface area (Å²) in [6.45, 7) is 0. The van der Waals surface area contributed by atoms with Crippen LogP contribution in [0.5, 0.6) is 5.75 Å². The average molecular weight is 369 g/mol. The maximum absolute atomic E-state index is 11.9. The minimum absolute atomic E-state index is 0.0311. The Morgan fingerprint density at radius 3 is 2.43 bits per heavy atom. The molecule has 7 heteroatoms. The van der Waals surface area contributed by atoms with Gasteiger partial charge in [-0.1, -0.05) is 34.8 Å². The molecular formula is C16H8Cl3NO3. The van der Waals surface area contributed by atoms with E-state index in [-0.39, 0.29) is 27.9 Å². The molecule has 0 amide bonds. The van der Waals surface area contributed by atoms with Gasteiger partial charge >= 0.3 is 5.97 Å². The number of halogens is 3. The van der Waals surface area contributed by atoms with Gasteiger partial charge in [-0.2, -0.15) is 0 Å². The van der Waals surface area contributed by atoms with Gasteiger partial charge in [-0.3, -0.25) is 0 Å². The number of aromatic hydroxyl groups is 1. The first-order valence-corrected chi connectivity index (χ1v) is 7.54. The second-order valence-corrected chi connectivity index (χ2v) is 5.95. The number of esters is 1. The van der Waals surface area contributed by atoms with Crippen molar-refractivity contribution in [1.82, 2.24) is 0 Å². The minimum Gasteiger partial charge on any atom is -0.506 e. The van der Waals surface area contributed by atoms with Crippen LogP contribution < -0.4 is 0 Å². The number of phenols is 1. The summed E-state index contributed by atoms with van der Waals surface area (Å²) in [5, 5.41) is 10.9. The molecule has 0 bridgehead atoms. The first-order valence-electron chi connectivity index (χ1n) is 6.40. The van der Waals surface area contributed by atoms with E-state index in [9.17, 15) is 9.90 Å². The highest BCUT2D eigenvalue weighted by atomic mass is 35.5. The van der Waals surface area contributed by atoms with Crippen LogP contribution in [0.15, 0.2) is 47.1 Å². The van der Waals surface area contributed by atoms with Crippen LogP contribution in [-0.2, 0) is 9.53 Å². The highest BCUT2D eigenvalue weighted by Crippen LogP contribution is 2.33. The highest BCUT2D eigenvalue weighted by molar-refractivity contribution is 6.36. The summed E-state index contributed by atoms with van der Waals surface area (Å²) in [5.74, 6) is -0.664. The summed E-state index contributed by atoms with van der Waals surface area (Å²) in [7, 11) is 0. The molecule has 1 aliphatic rings. The SMILES string of the molecule is O=C1OC(c2ccc(Cl)cc2)=N/C1=C/c1cc(Cl)cc(Cl)c1O. The quantitative estimate of drug-likeness (QED) is 0.617. The van der Waals surface area contributed by atoms with E-state index >= 15 is 0 Å². The van der Waals surface area contributed by atoms with Gasteiger partial charge in [0.2, 0.25) is 5.90 Å². The largest absolute Gasteiger partial charge is 0.506 e. The van der Waals surface area contributed by atoms with Crippen molar-refractivity contribution in [3.63, 3.8) is 0 Å². The van der Waals surface area contributed by atoms with E-state index in [1.165, 1.54) is 18.2 Å². The van der Waals surface area contributed by atoms with Crippen molar-refractivity contribution in [3.8, 4) is 5.75 Å². The molecule has 4 nitrogen and oxygen atoms in total. The summed E-state index contributed by atoms with van der Waals surface area (Å²) >= 11 is 17.6. The normalized spacial score (nSPS) is 15.7. The number of benzene rings is 2. The Morgan fingerprint density at radius 2 is 1.74 bits per heavy atom. The average Bonchev–Trinajstić information content (AvgIpc) is 2.86. The summed E-state index contributed by atoms with van der Waals surface area (Å²) < 4.78 is 5.12. The van der Waals surface area contributed by atoms with E-state index in [1.54, 1.807) is 24.3 Å². The zero-order valence-electron chi connectivity index (χ0n) is 11.4. The predicted molar refractivity (Wildman–Crippen MR) is 90.2 cm³/mol. The molecule has 0 fully saturated rings. The van der Waals surface area contributed by atoms with Gasteiger partial charge in [0.15, 0.2) is 5.70 Å². The van der Waals surface area contributed by atoms with Crippen LogP contribution in [0.1, 0.15) is 11.1 Å². The first-order chi connectivity index (χ1) is 10.9. The van der Waals surface area contributed by atoms with Gasteiger partial charge in [-0.25, -0.2) is 9.79 Å². The van der Waals surface area contributed by atoms with Gasteiger partial charge in [0.05, 0.1) is 5.02 Å². The molecule has 2 aromatic rings. The van der Waals surface area contributed by atoms with Crippen LogP contribution in [-0.4, -0.2) is 17.0 Å². The van der Waals surface area contributed by atoms with E-state index in [0.29, 0.717) is 15.6 Å². The number of phenolic OH excluding ortho intramolecular Hbond substituents is 1. The Kier molecular flexibility index (Phi) is 4.31. The van der Waals surface area contributed by atoms with E-state index in [1.807, 2.05) is 0 Å². The lowest BCUT2D eigenvalue weighted by atomic mass is 10.1. The van der Waals surface area contributed by atoms with E-state index in [2.05, 4.69) is 4.99 Å². The molecule has 1 aliphatic heterocycles. The zero-order chi connectivity index (χ0) is 16.6. The topological polar surface area (TPSA) is 58.9 Å². The molecule has 0 saturated carbocycles. The molecule has 0 saturated heterocycles. The molecule has 1 N–H and O–H groups in total. The van der Waals surface area contributed by atoms with Crippen LogP contribution in [0.3, 0.4) is 0 Å². The van der Waals surface area contributed by atoms with Crippen molar-refractivity contribution in [3.05, 3.63) is 68.3 Å². The second kappa shape index (κ2) is 6.24. The molecule has 0 aromatic heterocycles. The maximum Gasteiger partial charge on any atom is 0.363 e. The Bertz CT molecular complexity index is 858. The smallest absolute Gasteiger partial charge is 0.363 e. The Labute approximate surface area is 146 Å². The molecule has 3 rings (SSSR count). The molecule has 0 unspecified atom stereocenters. The predicted octanol–water partition coefficient (Wildman–Crippen LogP) is 4.70. The molecule has 116 valence electrons. The van der Waals surface area contributed by atoms with Crippen LogP contribution in [0.4, 0.5) is 0 Å². The van der Waals surface area contributed by atoms with Crippen molar-refractivity contribution in [1.29, 1.82) is 0 Å². The number of hydrogen-bond donors (Lipinski definition) is 1. The summed E-state index contributed by atoms with van der Waals surface area (Å²) in [4.78, 5) is 16.1. The van der Waals surface area contributed by atoms with Crippen molar-refractivity contribution >= 4 is 52.7 Å². The summed E-state index contributed by atoms with van der Waals surface area (Å²) in [5.41, 5.74) is 0.915. The molecular weight excluding hydrogens is 361 g/mol. The Hall–Kier alpha value is -2.01. The zero-order valence-corrected chi connectivity index (χ0v) is 13.7. The summed E-state index contributed by atoms with van der Waals surface area (Å²) in [6, 6.07) is 9.57. The third-order valence-electron chi connectivity index (χ3n) is 3.06. The van der Waals surface area contributed by atoms with Crippen molar-refractivity contribution in [2.75, 3.05) is 0 Å². The number of hydrogen-bond acceptors (Lipinski definition) is 4.